The van der Waals surface area contributed by atoms with Gasteiger partial charge in [-0.05, 0) is 20.5 Å². The molecule has 0 aromatic carbocycles. The van der Waals surface area contributed by atoms with Crippen LogP contribution in [0.25, 0.3) is 0 Å². The molecule has 0 amide bonds. The van der Waals surface area contributed by atoms with E-state index in [4.69, 9.17) is 4.74 Å². The van der Waals surface area contributed by atoms with E-state index in [0.717, 1.165) is 25.9 Å². The van der Waals surface area contributed by atoms with Crippen LogP contribution >= 0.6 is 0 Å². The van der Waals surface area contributed by atoms with Crippen LogP contribution in [0.15, 0.2) is 0 Å². The average molecular weight is 258 g/mol. The molecule has 0 radical (unpaired) electrons. The predicted octanol–water partition coefficient (Wildman–Crippen LogP) is 2.04. The van der Waals surface area contributed by atoms with Crippen molar-refractivity contribution in [3.63, 3.8) is 0 Å². The smallest absolute Gasteiger partial charge is 0.322 e. The second-order valence-electron chi connectivity index (χ2n) is 5.04. The summed E-state index contributed by atoms with van der Waals surface area (Å²) in [5, 5.41) is 3.28. The second-order valence-corrected chi connectivity index (χ2v) is 5.04. The van der Waals surface area contributed by atoms with E-state index in [2.05, 4.69) is 17.1 Å². The van der Waals surface area contributed by atoms with Gasteiger partial charge in [0, 0.05) is 13.1 Å². The van der Waals surface area contributed by atoms with E-state index >= 15 is 0 Å². The molecule has 0 aliphatic carbocycles. The highest BCUT2D eigenvalue weighted by molar-refractivity contribution is 5.75. The largest absolute Gasteiger partial charge is 0.468 e. The van der Waals surface area contributed by atoms with Gasteiger partial charge in [0.05, 0.1) is 7.11 Å². The van der Waals surface area contributed by atoms with Crippen molar-refractivity contribution in [2.45, 2.75) is 51.5 Å². The van der Waals surface area contributed by atoms with E-state index in [9.17, 15) is 4.79 Å². The van der Waals surface area contributed by atoms with Crippen LogP contribution in [-0.4, -0.2) is 51.2 Å². The molecule has 0 fully saturated rings. The number of unbranched alkanes of at least 4 members (excludes halogenated alkanes) is 4. The van der Waals surface area contributed by atoms with E-state index in [1.807, 2.05) is 14.1 Å². The third-order valence-corrected chi connectivity index (χ3v) is 3.03. The molecule has 0 aliphatic heterocycles. The minimum Gasteiger partial charge on any atom is -0.468 e. The van der Waals surface area contributed by atoms with Crippen LogP contribution in [0.5, 0.6) is 0 Å². The van der Waals surface area contributed by atoms with Gasteiger partial charge in [0.2, 0.25) is 0 Å². The Morgan fingerprint density at radius 2 is 1.89 bits per heavy atom. The monoisotopic (exact) mass is 258 g/mol. The molecular formula is C14H30N2O2. The number of carbonyl (C=O) groups is 1. The Balaban J connectivity index is 3.81. The summed E-state index contributed by atoms with van der Waals surface area (Å²) in [5.41, 5.74) is 0. The Morgan fingerprint density at radius 3 is 2.44 bits per heavy atom. The van der Waals surface area contributed by atoms with Gasteiger partial charge < -0.3 is 15.0 Å². The van der Waals surface area contributed by atoms with Crippen molar-refractivity contribution in [2.24, 2.45) is 0 Å². The first-order chi connectivity index (χ1) is 8.61. The van der Waals surface area contributed by atoms with Gasteiger partial charge >= 0.3 is 5.97 Å². The van der Waals surface area contributed by atoms with Gasteiger partial charge in [-0.3, -0.25) is 4.79 Å². The lowest BCUT2D eigenvalue weighted by Gasteiger charge is -2.18. The summed E-state index contributed by atoms with van der Waals surface area (Å²) in [5.74, 6) is -0.135. The van der Waals surface area contributed by atoms with Gasteiger partial charge in [-0.25, -0.2) is 0 Å². The van der Waals surface area contributed by atoms with Gasteiger partial charge in [0.15, 0.2) is 0 Å². The van der Waals surface area contributed by atoms with E-state index in [-0.39, 0.29) is 12.0 Å². The minimum atomic E-state index is -0.142. The summed E-state index contributed by atoms with van der Waals surface area (Å²) in [6.45, 7) is 3.96. The van der Waals surface area contributed by atoms with E-state index < -0.39 is 0 Å². The molecule has 1 unspecified atom stereocenters. The normalized spacial score (nSPS) is 12.7. The number of carbonyl (C=O) groups excluding carboxylic acids is 1. The third-order valence-electron chi connectivity index (χ3n) is 3.03. The molecule has 108 valence electrons. The Labute approximate surface area is 112 Å². The molecule has 0 saturated heterocycles. The van der Waals surface area contributed by atoms with Crippen molar-refractivity contribution in [1.82, 2.24) is 10.2 Å². The summed E-state index contributed by atoms with van der Waals surface area (Å²) in [7, 11) is 5.51. The topological polar surface area (TPSA) is 41.6 Å². The first kappa shape index (κ1) is 17.4. The molecule has 0 rings (SSSR count). The van der Waals surface area contributed by atoms with Crippen molar-refractivity contribution in [3.8, 4) is 0 Å². The minimum absolute atomic E-state index is 0.135. The molecule has 0 aromatic rings. The highest BCUT2D eigenvalue weighted by Crippen LogP contribution is 2.08. The lowest BCUT2D eigenvalue weighted by atomic mass is 10.1. The van der Waals surface area contributed by atoms with Gasteiger partial charge in [0.1, 0.15) is 6.04 Å². The zero-order valence-corrected chi connectivity index (χ0v) is 12.5. The molecule has 0 aromatic heterocycles. The van der Waals surface area contributed by atoms with E-state index in [0.29, 0.717) is 0 Å². The molecule has 4 nitrogen and oxygen atoms in total. The zero-order chi connectivity index (χ0) is 13.8. The molecule has 1 atom stereocenters. The van der Waals surface area contributed by atoms with E-state index in [1.165, 1.54) is 32.8 Å². The number of ether oxygens (including phenoxy) is 1. The molecule has 0 bridgehead atoms. The quantitative estimate of drug-likeness (QED) is 0.455. The number of nitrogens with one attached hydrogen (secondary N) is 1. The Hall–Kier alpha value is -0.610. The molecule has 0 saturated carbocycles. The lowest BCUT2D eigenvalue weighted by molar-refractivity contribution is -0.143. The number of likely N-dealkylation sites (N-methyl/N-ethyl adjacent to an activating group) is 1. The van der Waals surface area contributed by atoms with Crippen molar-refractivity contribution in [2.75, 3.05) is 34.3 Å². The summed E-state index contributed by atoms with van der Waals surface area (Å²) >= 11 is 0. The number of hydrogen-bond acceptors (Lipinski definition) is 4. The van der Waals surface area contributed by atoms with Crippen molar-refractivity contribution in [1.29, 1.82) is 0 Å². The van der Waals surface area contributed by atoms with Crippen LogP contribution in [0.1, 0.15) is 45.4 Å². The van der Waals surface area contributed by atoms with Gasteiger partial charge in [-0.1, -0.05) is 39.0 Å². The number of methoxy groups -OCH3 is 1. The van der Waals surface area contributed by atoms with Crippen LogP contribution in [0.4, 0.5) is 0 Å². The Morgan fingerprint density at radius 1 is 1.22 bits per heavy atom. The van der Waals surface area contributed by atoms with Crippen LogP contribution < -0.4 is 5.32 Å². The maximum absolute atomic E-state index is 11.6. The molecule has 18 heavy (non-hydrogen) atoms. The standard InChI is InChI=1S/C14H30N2O2/c1-5-6-7-8-9-10-13(14(17)18-4)15-11-12-16(2)3/h13,15H,5-12H2,1-4H3. The molecule has 0 aliphatic rings. The average Bonchev–Trinajstić information content (AvgIpc) is 2.35. The zero-order valence-electron chi connectivity index (χ0n) is 12.5. The maximum atomic E-state index is 11.6. The van der Waals surface area contributed by atoms with Gasteiger partial charge in [-0.2, -0.15) is 0 Å². The molecule has 0 spiro atoms. The maximum Gasteiger partial charge on any atom is 0.322 e. The molecule has 0 heterocycles. The Kier molecular flexibility index (Phi) is 11.1. The van der Waals surface area contributed by atoms with E-state index in [1.54, 1.807) is 0 Å². The van der Waals surface area contributed by atoms with Crippen LogP contribution in [0, 0.1) is 0 Å². The molecule has 1 N–H and O–H groups in total. The number of rotatable bonds is 11. The molecular weight excluding hydrogens is 228 g/mol. The fourth-order valence-electron chi connectivity index (χ4n) is 1.86. The van der Waals surface area contributed by atoms with Crippen molar-refractivity contribution in [3.05, 3.63) is 0 Å². The lowest BCUT2D eigenvalue weighted by Crippen LogP contribution is -2.40. The van der Waals surface area contributed by atoms with Gasteiger partial charge in [-0.15, -0.1) is 0 Å². The summed E-state index contributed by atoms with van der Waals surface area (Å²) in [6, 6.07) is -0.142. The fraction of sp³-hybridized carbons (Fsp3) is 0.929. The number of esters is 1. The third kappa shape index (κ3) is 9.42. The number of hydrogen-bond donors (Lipinski definition) is 1. The fourth-order valence-corrected chi connectivity index (χ4v) is 1.86. The van der Waals surface area contributed by atoms with Crippen LogP contribution in [0.3, 0.4) is 0 Å². The summed E-state index contributed by atoms with van der Waals surface area (Å²) in [6.07, 6.45) is 6.98. The SMILES string of the molecule is CCCCCCCC(NCCN(C)C)C(=O)OC. The van der Waals surface area contributed by atoms with Crippen molar-refractivity contribution < 1.29 is 9.53 Å². The van der Waals surface area contributed by atoms with Gasteiger partial charge in [0.25, 0.3) is 0 Å². The number of nitrogens with zero attached hydrogens (tertiary/aromatic N) is 1. The Bertz CT molecular complexity index is 208. The molecule has 4 heteroatoms. The summed E-state index contributed by atoms with van der Waals surface area (Å²) < 4.78 is 4.83. The highest BCUT2D eigenvalue weighted by Gasteiger charge is 2.17. The highest BCUT2D eigenvalue weighted by atomic mass is 16.5. The first-order valence-electron chi connectivity index (χ1n) is 7.07. The van der Waals surface area contributed by atoms with Crippen LogP contribution in [-0.2, 0) is 9.53 Å². The summed E-state index contributed by atoms with van der Waals surface area (Å²) in [4.78, 5) is 13.7. The van der Waals surface area contributed by atoms with Crippen LogP contribution in [0.2, 0.25) is 0 Å². The first-order valence-corrected chi connectivity index (χ1v) is 7.07. The second kappa shape index (κ2) is 11.5. The van der Waals surface area contributed by atoms with Crippen molar-refractivity contribution >= 4 is 5.97 Å². The predicted molar refractivity (Wildman–Crippen MR) is 75.7 cm³/mol.